The van der Waals surface area contributed by atoms with Gasteiger partial charge in [-0.2, -0.15) is 0 Å². The molecule has 1 heterocycles. The Kier molecular flexibility index (Phi) is 5.23. The zero-order valence-corrected chi connectivity index (χ0v) is 14.4. The Morgan fingerprint density at radius 3 is 2.56 bits per heavy atom. The summed E-state index contributed by atoms with van der Waals surface area (Å²) in [4.78, 5) is 34.4. The van der Waals surface area contributed by atoms with Crippen LogP contribution in [0.2, 0.25) is 5.02 Å². The zero-order chi connectivity index (χ0) is 19.4. The summed E-state index contributed by atoms with van der Waals surface area (Å²) in [6, 6.07) is 8.94. The van der Waals surface area contributed by atoms with Crippen LogP contribution in [0.15, 0.2) is 42.5 Å². The molecule has 9 nitrogen and oxygen atoms in total. The molecule has 2 N–H and O–H groups in total. The van der Waals surface area contributed by atoms with Gasteiger partial charge in [0, 0.05) is 6.08 Å². The molecule has 2 amide bonds. The van der Waals surface area contributed by atoms with Crippen LogP contribution in [0.25, 0.3) is 6.08 Å². The van der Waals surface area contributed by atoms with E-state index in [2.05, 4.69) is 10.9 Å². The average molecular weight is 390 g/mol. The molecule has 138 valence electrons. The monoisotopic (exact) mass is 389 g/mol. The smallest absolute Gasteiger partial charge is 0.280 e. The lowest BCUT2D eigenvalue weighted by atomic mass is 10.1. The number of nitrogens with zero attached hydrogens (tertiary/aromatic N) is 1. The van der Waals surface area contributed by atoms with E-state index < -0.39 is 16.7 Å². The predicted octanol–water partition coefficient (Wildman–Crippen LogP) is 2.45. The fourth-order valence-corrected chi connectivity index (χ4v) is 2.50. The Balaban J connectivity index is 1.68. The Bertz CT molecular complexity index is 960. The number of amides is 2. The molecule has 1 aliphatic rings. The quantitative estimate of drug-likeness (QED) is 0.471. The van der Waals surface area contributed by atoms with Gasteiger partial charge < -0.3 is 9.47 Å². The lowest BCUT2D eigenvalue weighted by Gasteiger charge is -2.06. The van der Waals surface area contributed by atoms with Crippen molar-refractivity contribution in [2.45, 2.75) is 0 Å². The first-order chi connectivity index (χ1) is 13.0. The Morgan fingerprint density at radius 1 is 1.15 bits per heavy atom. The van der Waals surface area contributed by atoms with E-state index in [-0.39, 0.29) is 34.4 Å². The van der Waals surface area contributed by atoms with E-state index in [4.69, 9.17) is 21.1 Å². The largest absolute Gasteiger partial charge is 0.454 e. The number of nitrogens with one attached hydrogen (secondary N) is 2. The molecule has 0 atom stereocenters. The third kappa shape index (κ3) is 4.15. The van der Waals surface area contributed by atoms with Crippen molar-refractivity contribution in [1.29, 1.82) is 0 Å². The molecule has 3 rings (SSSR count). The van der Waals surface area contributed by atoms with Crippen molar-refractivity contribution in [3.8, 4) is 11.5 Å². The highest BCUT2D eigenvalue weighted by atomic mass is 35.5. The number of carbonyl (C=O) groups excluding carboxylic acids is 2. The van der Waals surface area contributed by atoms with E-state index in [0.29, 0.717) is 5.75 Å². The van der Waals surface area contributed by atoms with Crippen molar-refractivity contribution in [3.05, 3.63) is 68.7 Å². The molecule has 27 heavy (non-hydrogen) atoms. The molecule has 0 saturated carbocycles. The SMILES string of the molecule is O=C(/C=C/c1cc2c(cc1[N+](=O)[O-])OCO2)NNC(=O)c1ccccc1Cl. The fraction of sp³-hybridized carbons (Fsp3) is 0.0588. The third-order valence-electron chi connectivity index (χ3n) is 3.55. The van der Waals surface area contributed by atoms with E-state index in [1.54, 1.807) is 12.1 Å². The highest BCUT2D eigenvalue weighted by molar-refractivity contribution is 6.33. The molecule has 0 aliphatic carbocycles. The van der Waals surface area contributed by atoms with Gasteiger partial charge in [0.05, 0.1) is 27.1 Å². The summed E-state index contributed by atoms with van der Waals surface area (Å²) >= 11 is 5.90. The molecule has 0 radical (unpaired) electrons. The molecule has 0 fully saturated rings. The van der Waals surface area contributed by atoms with Gasteiger partial charge in [0.1, 0.15) is 0 Å². The first-order valence-corrected chi connectivity index (χ1v) is 7.94. The van der Waals surface area contributed by atoms with Crippen LogP contribution in [-0.4, -0.2) is 23.5 Å². The van der Waals surface area contributed by atoms with Crippen LogP contribution in [0, 0.1) is 10.1 Å². The zero-order valence-electron chi connectivity index (χ0n) is 13.6. The number of benzene rings is 2. The van der Waals surface area contributed by atoms with Gasteiger partial charge in [-0.25, -0.2) is 0 Å². The summed E-state index contributed by atoms with van der Waals surface area (Å²) in [5.41, 5.74) is 4.46. The lowest BCUT2D eigenvalue weighted by molar-refractivity contribution is -0.385. The van der Waals surface area contributed by atoms with Crippen molar-refractivity contribution < 1.29 is 24.0 Å². The summed E-state index contributed by atoms with van der Waals surface area (Å²) in [6.45, 7) is -0.0335. The van der Waals surface area contributed by atoms with Gasteiger partial charge in [-0.05, 0) is 24.3 Å². The van der Waals surface area contributed by atoms with E-state index >= 15 is 0 Å². The molecule has 2 aromatic carbocycles. The van der Waals surface area contributed by atoms with Crippen LogP contribution < -0.4 is 20.3 Å². The number of nitro groups is 1. The number of hydrazine groups is 1. The van der Waals surface area contributed by atoms with Crippen molar-refractivity contribution in [1.82, 2.24) is 10.9 Å². The van der Waals surface area contributed by atoms with Crippen molar-refractivity contribution in [2.24, 2.45) is 0 Å². The Hall–Kier alpha value is -3.59. The van der Waals surface area contributed by atoms with Gasteiger partial charge in [0.2, 0.25) is 6.79 Å². The number of ether oxygens (including phenoxy) is 2. The predicted molar refractivity (Wildman–Crippen MR) is 95.3 cm³/mol. The topological polar surface area (TPSA) is 120 Å². The molecule has 0 bridgehead atoms. The second-order valence-electron chi connectivity index (χ2n) is 5.28. The standard InChI is InChI=1S/C17H12ClN3O6/c18-12-4-2-1-3-11(12)17(23)20-19-16(22)6-5-10-7-14-15(27-9-26-14)8-13(10)21(24)25/h1-8H,9H2,(H,19,22)(H,20,23)/b6-5+. The van der Waals surface area contributed by atoms with E-state index in [0.717, 1.165) is 6.08 Å². The van der Waals surface area contributed by atoms with Gasteiger partial charge >= 0.3 is 0 Å². The van der Waals surface area contributed by atoms with E-state index in [1.807, 2.05) is 0 Å². The summed E-state index contributed by atoms with van der Waals surface area (Å²) < 4.78 is 10.3. The van der Waals surface area contributed by atoms with Gasteiger partial charge in [0.15, 0.2) is 11.5 Å². The molecule has 10 heteroatoms. The van der Waals surface area contributed by atoms with Gasteiger partial charge in [-0.1, -0.05) is 23.7 Å². The second kappa shape index (κ2) is 7.75. The van der Waals surface area contributed by atoms with E-state index in [1.165, 1.54) is 30.3 Å². The summed E-state index contributed by atoms with van der Waals surface area (Å²) in [5, 5.41) is 11.4. The summed E-state index contributed by atoms with van der Waals surface area (Å²) in [5.74, 6) is -0.693. The number of fused-ring (bicyclic) bond motifs is 1. The summed E-state index contributed by atoms with van der Waals surface area (Å²) in [6.07, 6.45) is 2.27. The van der Waals surface area contributed by atoms with Crippen LogP contribution in [0.4, 0.5) is 5.69 Å². The summed E-state index contributed by atoms with van der Waals surface area (Å²) in [7, 11) is 0. The molecule has 1 aliphatic heterocycles. The molecule has 0 saturated heterocycles. The minimum Gasteiger partial charge on any atom is -0.454 e. The Labute approximate surface area is 157 Å². The normalized spacial score (nSPS) is 12.0. The van der Waals surface area contributed by atoms with Gasteiger partial charge in [0.25, 0.3) is 17.5 Å². The molecule has 0 aromatic heterocycles. The van der Waals surface area contributed by atoms with Crippen LogP contribution in [0.3, 0.4) is 0 Å². The number of rotatable bonds is 4. The molecule has 0 unspecified atom stereocenters. The maximum Gasteiger partial charge on any atom is 0.280 e. The minimum atomic E-state index is -0.692. The fourth-order valence-electron chi connectivity index (χ4n) is 2.28. The molecular weight excluding hydrogens is 378 g/mol. The molecule has 0 spiro atoms. The maximum atomic E-state index is 12.0. The number of carbonyl (C=O) groups is 2. The molecule has 2 aromatic rings. The number of halogens is 1. The van der Waals surface area contributed by atoms with Crippen molar-refractivity contribution in [3.63, 3.8) is 0 Å². The molecular formula is C17H12ClN3O6. The number of hydrogen-bond donors (Lipinski definition) is 2. The lowest BCUT2D eigenvalue weighted by Crippen LogP contribution is -2.40. The van der Waals surface area contributed by atoms with Crippen molar-refractivity contribution in [2.75, 3.05) is 6.79 Å². The highest BCUT2D eigenvalue weighted by Crippen LogP contribution is 2.38. The van der Waals surface area contributed by atoms with Crippen LogP contribution in [-0.2, 0) is 4.79 Å². The average Bonchev–Trinajstić information content (AvgIpc) is 3.11. The van der Waals surface area contributed by atoms with Crippen LogP contribution in [0.1, 0.15) is 15.9 Å². The third-order valence-corrected chi connectivity index (χ3v) is 3.88. The van der Waals surface area contributed by atoms with E-state index in [9.17, 15) is 19.7 Å². The minimum absolute atomic E-state index is 0.0335. The number of hydrogen-bond acceptors (Lipinski definition) is 6. The Morgan fingerprint density at radius 2 is 1.85 bits per heavy atom. The first kappa shape index (κ1) is 18.2. The second-order valence-corrected chi connectivity index (χ2v) is 5.69. The van der Waals surface area contributed by atoms with Gasteiger partial charge in [-0.15, -0.1) is 0 Å². The number of nitro benzene ring substituents is 1. The van der Waals surface area contributed by atoms with Crippen LogP contribution in [0.5, 0.6) is 11.5 Å². The highest BCUT2D eigenvalue weighted by Gasteiger charge is 2.22. The van der Waals surface area contributed by atoms with Crippen molar-refractivity contribution >= 4 is 35.2 Å². The maximum absolute atomic E-state index is 12.0. The van der Waals surface area contributed by atoms with Gasteiger partial charge in [-0.3, -0.25) is 30.6 Å². The first-order valence-electron chi connectivity index (χ1n) is 7.56. The van der Waals surface area contributed by atoms with Crippen LogP contribution >= 0.6 is 11.6 Å².